The van der Waals surface area contributed by atoms with E-state index in [1.807, 2.05) is 60.7 Å². The Hall–Kier alpha value is -2.41. The van der Waals surface area contributed by atoms with E-state index in [-0.39, 0.29) is 5.91 Å². The standard InChI is InChI=1S/C21H18INO3/c1-26-21(25)19(13-15-8-3-5-12-18(15)22)23-20(24)17-11-6-9-14-7-2-4-10-16(14)17/h2-12,19H,13H2,1H3,(H,23,24)/t19-/m0/s1. The van der Waals surface area contributed by atoms with E-state index >= 15 is 0 Å². The summed E-state index contributed by atoms with van der Waals surface area (Å²) in [6.07, 6.45) is 0.377. The summed E-state index contributed by atoms with van der Waals surface area (Å²) in [6.45, 7) is 0. The predicted molar refractivity (Wildman–Crippen MR) is 110 cm³/mol. The number of carbonyl (C=O) groups is 2. The number of methoxy groups -OCH3 is 1. The molecular weight excluding hydrogens is 441 g/mol. The van der Waals surface area contributed by atoms with Gasteiger partial charge in [-0.3, -0.25) is 4.79 Å². The van der Waals surface area contributed by atoms with Crippen molar-refractivity contribution in [3.05, 3.63) is 81.4 Å². The number of hydrogen-bond acceptors (Lipinski definition) is 3. The molecule has 0 radical (unpaired) electrons. The molecule has 3 aromatic carbocycles. The molecule has 3 rings (SSSR count). The highest BCUT2D eigenvalue weighted by molar-refractivity contribution is 14.1. The van der Waals surface area contributed by atoms with Gasteiger partial charge in [-0.15, -0.1) is 0 Å². The molecule has 1 N–H and O–H groups in total. The van der Waals surface area contributed by atoms with E-state index < -0.39 is 12.0 Å². The summed E-state index contributed by atoms with van der Waals surface area (Å²) in [4.78, 5) is 25.1. The van der Waals surface area contributed by atoms with Crippen molar-refractivity contribution in [2.24, 2.45) is 0 Å². The molecule has 0 saturated heterocycles. The largest absolute Gasteiger partial charge is 0.467 e. The second kappa shape index (κ2) is 8.31. The summed E-state index contributed by atoms with van der Waals surface area (Å²) in [7, 11) is 1.33. The molecule has 4 nitrogen and oxygen atoms in total. The summed E-state index contributed by atoms with van der Waals surface area (Å²) in [5.41, 5.74) is 1.53. The number of carbonyl (C=O) groups excluding carboxylic acids is 2. The minimum atomic E-state index is -0.748. The molecule has 0 saturated carbocycles. The van der Waals surface area contributed by atoms with Crippen molar-refractivity contribution in [3.63, 3.8) is 0 Å². The van der Waals surface area contributed by atoms with Crippen LogP contribution < -0.4 is 5.32 Å². The van der Waals surface area contributed by atoms with Gasteiger partial charge in [0.1, 0.15) is 6.04 Å². The highest BCUT2D eigenvalue weighted by Gasteiger charge is 2.24. The molecule has 0 heterocycles. The summed E-state index contributed by atoms with van der Waals surface area (Å²) >= 11 is 2.22. The minimum Gasteiger partial charge on any atom is -0.467 e. The first-order valence-corrected chi connectivity index (χ1v) is 9.28. The maximum absolute atomic E-state index is 12.8. The lowest BCUT2D eigenvalue weighted by Crippen LogP contribution is -2.43. The number of hydrogen-bond donors (Lipinski definition) is 1. The van der Waals surface area contributed by atoms with Crippen molar-refractivity contribution in [2.45, 2.75) is 12.5 Å². The number of nitrogens with one attached hydrogen (secondary N) is 1. The monoisotopic (exact) mass is 459 g/mol. The van der Waals surface area contributed by atoms with Crippen LogP contribution in [0.4, 0.5) is 0 Å². The van der Waals surface area contributed by atoms with Crippen molar-refractivity contribution in [1.29, 1.82) is 0 Å². The van der Waals surface area contributed by atoms with E-state index in [2.05, 4.69) is 27.9 Å². The van der Waals surface area contributed by atoms with Crippen LogP contribution in [0.15, 0.2) is 66.7 Å². The molecule has 0 spiro atoms. The fourth-order valence-corrected chi connectivity index (χ4v) is 3.49. The number of ether oxygens (including phenoxy) is 1. The fourth-order valence-electron chi connectivity index (χ4n) is 2.88. The molecule has 0 aromatic heterocycles. The average molecular weight is 459 g/mol. The van der Waals surface area contributed by atoms with Gasteiger partial charge in [0.2, 0.25) is 0 Å². The topological polar surface area (TPSA) is 55.4 Å². The normalized spacial score (nSPS) is 11.8. The lowest BCUT2D eigenvalue weighted by atomic mass is 10.0. The highest BCUT2D eigenvalue weighted by Crippen LogP contribution is 2.19. The number of rotatable bonds is 5. The third kappa shape index (κ3) is 4.04. The zero-order valence-corrected chi connectivity index (χ0v) is 16.4. The first kappa shape index (κ1) is 18.4. The lowest BCUT2D eigenvalue weighted by molar-refractivity contribution is -0.142. The zero-order chi connectivity index (χ0) is 18.5. The van der Waals surface area contributed by atoms with Crippen molar-refractivity contribution in [1.82, 2.24) is 5.32 Å². The van der Waals surface area contributed by atoms with Gasteiger partial charge in [0.15, 0.2) is 0 Å². The van der Waals surface area contributed by atoms with Crippen LogP contribution >= 0.6 is 22.6 Å². The summed E-state index contributed by atoms with van der Waals surface area (Å²) in [5.74, 6) is -0.749. The molecule has 0 fully saturated rings. The van der Waals surface area contributed by atoms with Crippen LogP contribution in [-0.2, 0) is 16.0 Å². The van der Waals surface area contributed by atoms with Gasteiger partial charge in [-0.25, -0.2) is 4.79 Å². The van der Waals surface area contributed by atoms with Crippen LogP contribution in [0.3, 0.4) is 0 Å². The van der Waals surface area contributed by atoms with Crippen molar-refractivity contribution < 1.29 is 14.3 Å². The summed E-state index contributed by atoms with van der Waals surface area (Å²) in [6, 6.07) is 20.3. The number of amides is 1. The van der Waals surface area contributed by atoms with Crippen LogP contribution in [0.1, 0.15) is 15.9 Å². The first-order chi connectivity index (χ1) is 12.6. The van der Waals surface area contributed by atoms with Gasteiger partial charge in [-0.05, 0) is 51.1 Å². The molecular formula is C21H18INO3. The third-order valence-electron chi connectivity index (χ3n) is 4.21. The molecule has 0 aliphatic heterocycles. The van der Waals surface area contributed by atoms with Crippen LogP contribution in [0.25, 0.3) is 10.8 Å². The van der Waals surface area contributed by atoms with E-state index in [9.17, 15) is 9.59 Å². The van der Waals surface area contributed by atoms with Gasteiger partial charge < -0.3 is 10.1 Å². The minimum absolute atomic E-state index is 0.289. The molecule has 0 bridgehead atoms. The highest BCUT2D eigenvalue weighted by atomic mass is 127. The van der Waals surface area contributed by atoms with Gasteiger partial charge >= 0.3 is 5.97 Å². The molecule has 0 aliphatic rings. The van der Waals surface area contributed by atoms with Crippen LogP contribution in [0, 0.1) is 3.57 Å². The maximum atomic E-state index is 12.8. The summed E-state index contributed by atoms with van der Waals surface area (Å²) < 4.78 is 5.93. The average Bonchev–Trinajstić information content (AvgIpc) is 2.67. The van der Waals surface area contributed by atoms with Gasteiger partial charge in [-0.1, -0.05) is 54.6 Å². The number of fused-ring (bicyclic) bond motifs is 1. The second-order valence-electron chi connectivity index (χ2n) is 5.87. The van der Waals surface area contributed by atoms with Gasteiger partial charge in [0.05, 0.1) is 7.11 Å². The molecule has 1 amide bonds. The SMILES string of the molecule is COC(=O)[C@H](Cc1ccccc1I)NC(=O)c1cccc2ccccc12. The second-order valence-corrected chi connectivity index (χ2v) is 7.03. The fraction of sp³-hybridized carbons (Fsp3) is 0.143. The van der Waals surface area contributed by atoms with Crippen molar-refractivity contribution in [2.75, 3.05) is 7.11 Å². The Balaban J connectivity index is 1.88. The van der Waals surface area contributed by atoms with E-state index in [0.717, 1.165) is 19.9 Å². The number of esters is 1. The smallest absolute Gasteiger partial charge is 0.328 e. The van der Waals surface area contributed by atoms with E-state index in [1.165, 1.54) is 7.11 Å². The molecule has 5 heteroatoms. The van der Waals surface area contributed by atoms with Crippen LogP contribution in [0.2, 0.25) is 0 Å². The Kier molecular flexibility index (Phi) is 5.88. The van der Waals surface area contributed by atoms with E-state index in [0.29, 0.717) is 12.0 Å². The molecule has 3 aromatic rings. The Morgan fingerprint density at radius 3 is 2.46 bits per heavy atom. The lowest BCUT2D eigenvalue weighted by Gasteiger charge is -2.18. The third-order valence-corrected chi connectivity index (χ3v) is 5.26. The molecule has 26 heavy (non-hydrogen) atoms. The Morgan fingerprint density at radius 2 is 1.69 bits per heavy atom. The molecule has 1 atom stereocenters. The molecule has 0 aliphatic carbocycles. The van der Waals surface area contributed by atoms with Crippen molar-refractivity contribution >= 4 is 45.2 Å². The molecule has 132 valence electrons. The van der Waals surface area contributed by atoms with E-state index in [4.69, 9.17) is 4.74 Å². The Bertz CT molecular complexity index is 949. The van der Waals surface area contributed by atoms with Gasteiger partial charge in [0.25, 0.3) is 5.91 Å². The Labute approximate surface area is 165 Å². The number of halogens is 1. The predicted octanol–water partition coefficient (Wildman–Crippen LogP) is 3.96. The maximum Gasteiger partial charge on any atom is 0.328 e. The Morgan fingerprint density at radius 1 is 1.00 bits per heavy atom. The summed E-state index contributed by atoms with van der Waals surface area (Å²) in [5, 5.41) is 4.67. The molecule has 0 unspecified atom stereocenters. The van der Waals surface area contributed by atoms with Crippen LogP contribution in [-0.4, -0.2) is 25.0 Å². The van der Waals surface area contributed by atoms with E-state index in [1.54, 1.807) is 6.07 Å². The zero-order valence-electron chi connectivity index (χ0n) is 14.2. The van der Waals surface area contributed by atoms with Gasteiger partial charge in [0, 0.05) is 15.6 Å². The quantitative estimate of drug-likeness (QED) is 0.465. The van der Waals surface area contributed by atoms with Crippen LogP contribution in [0.5, 0.6) is 0 Å². The van der Waals surface area contributed by atoms with Gasteiger partial charge in [-0.2, -0.15) is 0 Å². The number of benzene rings is 3. The van der Waals surface area contributed by atoms with Crippen molar-refractivity contribution in [3.8, 4) is 0 Å². The first-order valence-electron chi connectivity index (χ1n) is 8.20.